The van der Waals surface area contributed by atoms with Crippen LogP contribution in [0, 0.1) is 13.8 Å². The number of pyridine rings is 2. The van der Waals surface area contributed by atoms with Crippen molar-refractivity contribution in [2.24, 2.45) is 7.05 Å². The number of halogens is 4. The number of benzene rings is 1. The Hall–Kier alpha value is -3.24. The smallest absolute Gasteiger partial charge is 0.374 e. The Balaban J connectivity index is 1.81. The lowest BCUT2D eigenvalue weighted by molar-refractivity contribution is -0.127. The molecule has 5 rings (SSSR count). The van der Waals surface area contributed by atoms with Gasteiger partial charge in [-0.3, -0.25) is 4.98 Å². The molecule has 4 heterocycles. The summed E-state index contributed by atoms with van der Waals surface area (Å²) in [6.45, 7) is 4.88. The Morgan fingerprint density at radius 2 is 1.83 bits per heavy atom. The van der Waals surface area contributed by atoms with Gasteiger partial charge < -0.3 is 10.0 Å². The van der Waals surface area contributed by atoms with Gasteiger partial charge in [0.05, 0.1) is 29.5 Å². The van der Waals surface area contributed by atoms with Crippen molar-refractivity contribution in [2.45, 2.75) is 38.5 Å². The maximum Gasteiger partial charge on any atom is 0.393 e. The van der Waals surface area contributed by atoms with Crippen molar-refractivity contribution in [2.75, 3.05) is 18.0 Å². The maximum atomic E-state index is 13.5. The molecule has 188 valence electrons. The van der Waals surface area contributed by atoms with Crippen LogP contribution < -0.4 is 4.90 Å². The van der Waals surface area contributed by atoms with Crippen LogP contribution in [0.5, 0.6) is 0 Å². The highest BCUT2D eigenvalue weighted by Crippen LogP contribution is 2.43. The second kappa shape index (κ2) is 8.70. The summed E-state index contributed by atoms with van der Waals surface area (Å²) in [7, 11) is 1.67. The Labute approximate surface area is 210 Å². The maximum absolute atomic E-state index is 13.5. The van der Waals surface area contributed by atoms with Crippen LogP contribution in [0.4, 0.5) is 18.9 Å². The second-order valence-corrected chi connectivity index (χ2v) is 9.49. The summed E-state index contributed by atoms with van der Waals surface area (Å²) < 4.78 is 42.0. The molecule has 0 amide bonds. The first-order valence-corrected chi connectivity index (χ1v) is 11.8. The lowest BCUT2D eigenvalue weighted by atomic mass is 9.82. The van der Waals surface area contributed by atoms with E-state index in [0.717, 1.165) is 12.1 Å². The van der Waals surface area contributed by atoms with Gasteiger partial charge in [0, 0.05) is 48.0 Å². The number of nitrogens with zero attached hydrogens (tertiary/aromatic N) is 6. The molecule has 1 aliphatic rings. The zero-order valence-corrected chi connectivity index (χ0v) is 20.7. The van der Waals surface area contributed by atoms with E-state index >= 15 is 0 Å². The van der Waals surface area contributed by atoms with Crippen molar-refractivity contribution >= 4 is 28.2 Å². The molecule has 0 spiro atoms. The number of aromatic nitrogens is 5. The monoisotopic (exact) mass is 516 g/mol. The number of aryl methyl sites for hydroxylation is 3. The molecule has 36 heavy (non-hydrogen) atoms. The largest absolute Gasteiger partial charge is 0.393 e. The van der Waals surface area contributed by atoms with Crippen LogP contribution in [0.3, 0.4) is 0 Å². The zero-order chi connectivity index (χ0) is 25.8. The van der Waals surface area contributed by atoms with E-state index in [-0.39, 0.29) is 10.7 Å². The first-order chi connectivity index (χ1) is 17.0. The van der Waals surface area contributed by atoms with Crippen LogP contribution in [0.15, 0.2) is 36.5 Å². The van der Waals surface area contributed by atoms with Gasteiger partial charge in [0.2, 0.25) is 0 Å². The molecule has 0 radical (unpaired) electrons. The highest BCUT2D eigenvalue weighted by Gasteiger charge is 2.40. The highest BCUT2D eigenvalue weighted by molar-refractivity contribution is 6.31. The van der Waals surface area contributed by atoms with Crippen molar-refractivity contribution in [3.63, 3.8) is 0 Å². The minimum absolute atomic E-state index is 0.0626. The molecule has 0 bridgehead atoms. The molecule has 1 N–H and O–H groups in total. The van der Waals surface area contributed by atoms with E-state index in [0.29, 0.717) is 52.2 Å². The van der Waals surface area contributed by atoms with Gasteiger partial charge in [-0.05, 0) is 44.0 Å². The number of rotatable bonds is 5. The second-order valence-electron chi connectivity index (χ2n) is 9.13. The van der Waals surface area contributed by atoms with Gasteiger partial charge >= 0.3 is 6.18 Å². The average Bonchev–Trinajstić information content (AvgIpc) is 3.19. The fourth-order valence-corrected chi connectivity index (χ4v) is 5.11. The van der Waals surface area contributed by atoms with Crippen LogP contribution in [-0.2, 0) is 19.1 Å². The van der Waals surface area contributed by atoms with Crippen molar-refractivity contribution in [1.29, 1.82) is 0 Å². The van der Waals surface area contributed by atoms with E-state index < -0.39 is 18.2 Å². The molecule has 0 saturated carbocycles. The standard InChI is InChI=1S/C25H24ClF3N6O/c1-14-5-7-19(15(2)31-14)25(36,21-13-30-33-34(21)3)16-6-8-20-17(11-16)22(35-9-4-10-35)18(23(26)32-20)12-24(27,28)29/h5-8,11,13,36H,4,9-10,12H2,1-3H3/t25-/m0/s1. The van der Waals surface area contributed by atoms with Crippen molar-refractivity contribution in [3.8, 4) is 0 Å². The summed E-state index contributed by atoms with van der Waals surface area (Å²) in [6.07, 6.45) is -3.32. The molecular formula is C25H24ClF3N6O. The SMILES string of the molecule is Cc1ccc([C@@](O)(c2ccc3nc(Cl)c(CC(F)(F)F)c(N4CCC4)c3c2)c2cnnn2C)c(C)n1. The minimum atomic E-state index is -4.46. The number of fused-ring (bicyclic) bond motifs is 1. The van der Waals surface area contributed by atoms with Crippen LogP contribution in [-0.4, -0.2) is 49.3 Å². The zero-order valence-electron chi connectivity index (χ0n) is 19.9. The molecule has 0 unspecified atom stereocenters. The number of hydrogen-bond donors (Lipinski definition) is 1. The molecule has 3 aromatic heterocycles. The molecular weight excluding hydrogens is 493 g/mol. The van der Waals surface area contributed by atoms with Crippen LogP contribution in [0.25, 0.3) is 10.9 Å². The van der Waals surface area contributed by atoms with Crippen molar-refractivity contribution in [3.05, 3.63) is 75.5 Å². The topological polar surface area (TPSA) is 80.0 Å². The molecule has 0 aliphatic carbocycles. The number of aliphatic hydroxyl groups is 1. The molecule has 1 atom stereocenters. The van der Waals surface area contributed by atoms with Gasteiger partial charge in [-0.25, -0.2) is 9.67 Å². The van der Waals surface area contributed by atoms with Gasteiger partial charge in [-0.2, -0.15) is 13.2 Å². The summed E-state index contributed by atoms with van der Waals surface area (Å²) in [5.41, 5.74) is 1.78. The quantitative estimate of drug-likeness (QED) is 0.390. The van der Waals surface area contributed by atoms with Crippen LogP contribution >= 0.6 is 11.6 Å². The molecule has 1 aromatic carbocycles. The highest BCUT2D eigenvalue weighted by atomic mass is 35.5. The average molecular weight is 517 g/mol. The predicted molar refractivity (Wildman–Crippen MR) is 130 cm³/mol. The van der Waals surface area contributed by atoms with Crippen LogP contribution in [0.1, 0.15) is 40.2 Å². The van der Waals surface area contributed by atoms with Gasteiger partial charge in [0.15, 0.2) is 5.60 Å². The summed E-state index contributed by atoms with van der Waals surface area (Å²) in [5.74, 6) is 0. The van der Waals surface area contributed by atoms with Gasteiger partial charge in [0.25, 0.3) is 0 Å². The minimum Gasteiger partial charge on any atom is -0.374 e. The first kappa shape index (κ1) is 24.5. The van der Waals surface area contributed by atoms with Crippen molar-refractivity contribution in [1.82, 2.24) is 25.0 Å². The van der Waals surface area contributed by atoms with E-state index in [9.17, 15) is 18.3 Å². The molecule has 1 fully saturated rings. The number of anilines is 1. The fraction of sp³-hybridized carbons (Fsp3) is 0.360. The Morgan fingerprint density at radius 3 is 2.42 bits per heavy atom. The van der Waals surface area contributed by atoms with Gasteiger partial charge in [-0.15, -0.1) is 5.10 Å². The van der Waals surface area contributed by atoms with Crippen molar-refractivity contribution < 1.29 is 18.3 Å². The van der Waals surface area contributed by atoms with Gasteiger partial charge in [0.1, 0.15) is 5.15 Å². The van der Waals surface area contributed by atoms with Crippen LogP contribution in [0.2, 0.25) is 5.15 Å². The van der Waals surface area contributed by atoms with E-state index in [1.165, 1.54) is 10.9 Å². The third-order valence-electron chi connectivity index (χ3n) is 6.67. The molecule has 11 heteroatoms. The van der Waals surface area contributed by atoms with E-state index in [2.05, 4.69) is 20.3 Å². The van der Waals surface area contributed by atoms with Gasteiger partial charge in [-0.1, -0.05) is 28.9 Å². The Kier molecular flexibility index (Phi) is 5.91. The number of alkyl halides is 3. The lowest BCUT2D eigenvalue weighted by Crippen LogP contribution is -2.38. The summed E-state index contributed by atoms with van der Waals surface area (Å²) in [5, 5.41) is 20.6. The summed E-state index contributed by atoms with van der Waals surface area (Å²) in [4.78, 5) is 10.7. The van der Waals surface area contributed by atoms with E-state index in [4.69, 9.17) is 11.6 Å². The fourth-order valence-electron chi connectivity index (χ4n) is 4.87. The summed E-state index contributed by atoms with van der Waals surface area (Å²) >= 11 is 6.29. The first-order valence-electron chi connectivity index (χ1n) is 11.5. The molecule has 1 saturated heterocycles. The lowest BCUT2D eigenvalue weighted by Gasteiger charge is -2.36. The third-order valence-corrected chi connectivity index (χ3v) is 6.99. The molecule has 4 aromatic rings. The Morgan fingerprint density at radius 1 is 1.08 bits per heavy atom. The van der Waals surface area contributed by atoms with E-state index in [1.54, 1.807) is 44.3 Å². The third kappa shape index (κ3) is 4.08. The predicted octanol–water partition coefficient (Wildman–Crippen LogP) is 4.63. The molecule has 7 nitrogen and oxygen atoms in total. The molecule has 1 aliphatic heterocycles. The van der Waals surface area contributed by atoms with E-state index in [1.807, 2.05) is 11.8 Å². The Bertz CT molecular complexity index is 1470. The summed E-state index contributed by atoms with van der Waals surface area (Å²) in [6, 6.07) is 8.65. The number of hydrogen-bond acceptors (Lipinski definition) is 6. The normalized spacial score (nSPS) is 15.7.